The first-order valence-electron chi connectivity index (χ1n) is 11.1. The van der Waals surface area contributed by atoms with E-state index >= 15 is 0 Å². The van der Waals surface area contributed by atoms with Crippen molar-refractivity contribution < 1.29 is 13.5 Å². The van der Waals surface area contributed by atoms with Crippen molar-refractivity contribution in [1.82, 2.24) is 25.0 Å². The fourth-order valence-electron chi connectivity index (χ4n) is 3.52. The summed E-state index contributed by atoms with van der Waals surface area (Å²) in [5.41, 5.74) is 3.15. The van der Waals surface area contributed by atoms with Crippen molar-refractivity contribution in [3.05, 3.63) is 90.1 Å². The molecule has 2 heterocycles. The van der Waals surface area contributed by atoms with E-state index in [0.717, 1.165) is 22.4 Å². The minimum atomic E-state index is -0.374. The van der Waals surface area contributed by atoms with E-state index in [4.69, 9.17) is 9.15 Å². The number of halogens is 1. The molecule has 0 atom stereocenters. The zero-order valence-electron chi connectivity index (χ0n) is 19.2. The summed E-state index contributed by atoms with van der Waals surface area (Å²) in [4.78, 5) is 0. The Morgan fingerprint density at radius 2 is 1.63 bits per heavy atom. The van der Waals surface area contributed by atoms with Crippen molar-refractivity contribution in [2.45, 2.75) is 24.8 Å². The number of para-hydroxylation sites is 1. The summed E-state index contributed by atoms with van der Waals surface area (Å²) in [6, 6.07) is 21.9. The predicted octanol–water partition coefficient (Wildman–Crippen LogP) is 6.12. The number of benzene rings is 3. The van der Waals surface area contributed by atoms with E-state index in [-0.39, 0.29) is 5.82 Å². The lowest BCUT2D eigenvalue weighted by molar-refractivity contribution is 0.340. The molecule has 3 aromatic carbocycles. The summed E-state index contributed by atoms with van der Waals surface area (Å²) in [6.45, 7) is 4.53. The molecular formula is C26H22FN5O2S. The smallest absolute Gasteiger partial charge is 0.247 e. The molecule has 0 saturated heterocycles. The molecule has 35 heavy (non-hydrogen) atoms. The van der Waals surface area contributed by atoms with Crippen molar-refractivity contribution in [1.29, 1.82) is 0 Å². The number of hydrogen-bond acceptors (Lipinski definition) is 7. The quantitative estimate of drug-likeness (QED) is 0.244. The molecule has 0 aliphatic heterocycles. The Balaban J connectivity index is 1.44. The Kier molecular flexibility index (Phi) is 6.58. The van der Waals surface area contributed by atoms with Crippen LogP contribution in [0.5, 0.6) is 5.75 Å². The maximum absolute atomic E-state index is 14.8. The largest absolute Gasteiger partial charge is 0.494 e. The second-order valence-corrected chi connectivity index (χ2v) is 8.65. The van der Waals surface area contributed by atoms with E-state index in [9.17, 15) is 4.39 Å². The van der Waals surface area contributed by atoms with Crippen LogP contribution < -0.4 is 4.74 Å². The number of rotatable bonds is 8. The van der Waals surface area contributed by atoms with Gasteiger partial charge >= 0.3 is 0 Å². The second kappa shape index (κ2) is 10.1. The predicted molar refractivity (Wildman–Crippen MR) is 132 cm³/mol. The second-order valence-electron chi connectivity index (χ2n) is 7.71. The number of hydrogen-bond donors (Lipinski definition) is 0. The molecule has 5 rings (SSSR count). The van der Waals surface area contributed by atoms with Crippen LogP contribution in [0.4, 0.5) is 4.39 Å². The third-order valence-corrected chi connectivity index (χ3v) is 6.15. The van der Waals surface area contributed by atoms with Crippen LogP contribution in [0.15, 0.2) is 82.4 Å². The van der Waals surface area contributed by atoms with Gasteiger partial charge in [-0.05, 0) is 62.4 Å². The highest BCUT2D eigenvalue weighted by atomic mass is 32.2. The van der Waals surface area contributed by atoms with Crippen molar-refractivity contribution in [2.24, 2.45) is 0 Å². The third kappa shape index (κ3) is 4.95. The lowest BCUT2D eigenvalue weighted by atomic mass is 10.1. The molecule has 5 aromatic rings. The van der Waals surface area contributed by atoms with E-state index < -0.39 is 0 Å². The van der Waals surface area contributed by atoms with Crippen LogP contribution in [0.3, 0.4) is 0 Å². The van der Waals surface area contributed by atoms with Crippen molar-refractivity contribution in [2.75, 3.05) is 6.61 Å². The lowest BCUT2D eigenvalue weighted by Crippen LogP contribution is -2.02. The summed E-state index contributed by atoms with van der Waals surface area (Å²) >= 11 is 1.34. The first-order chi connectivity index (χ1) is 17.1. The van der Waals surface area contributed by atoms with E-state index in [2.05, 4.69) is 20.4 Å². The van der Waals surface area contributed by atoms with Crippen LogP contribution >= 0.6 is 11.8 Å². The maximum Gasteiger partial charge on any atom is 0.247 e. The highest BCUT2D eigenvalue weighted by molar-refractivity contribution is 7.98. The summed E-state index contributed by atoms with van der Waals surface area (Å²) in [6.07, 6.45) is 0. The zero-order valence-corrected chi connectivity index (χ0v) is 20.0. The number of ether oxygens (including phenoxy) is 1. The molecule has 0 radical (unpaired) electrons. The van der Waals surface area contributed by atoms with E-state index in [1.807, 2.05) is 62.4 Å². The Morgan fingerprint density at radius 3 is 2.37 bits per heavy atom. The SMILES string of the molecule is CCOc1ccc(-c2nnc(SCc3nnc(-c4ccc(C)cc4)o3)n2-c2ccccc2F)cc1. The van der Waals surface area contributed by atoms with Gasteiger partial charge in [0.1, 0.15) is 11.6 Å². The number of aromatic nitrogens is 5. The number of aryl methyl sites for hydroxylation is 1. The van der Waals surface area contributed by atoms with E-state index in [0.29, 0.717) is 40.8 Å². The van der Waals surface area contributed by atoms with Gasteiger partial charge in [-0.3, -0.25) is 4.57 Å². The summed E-state index contributed by atoms with van der Waals surface area (Å²) < 4.78 is 27.9. The molecule has 176 valence electrons. The van der Waals surface area contributed by atoms with Gasteiger partial charge in [-0.15, -0.1) is 20.4 Å². The molecule has 0 aliphatic rings. The van der Waals surface area contributed by atoms with Crippen LogP contribution in [0, 0.1) is 12.7 Å². The molecule has 7 nitrogen and oxygen atoms in total. The van der Waals surface area contributed by atoms with Gasteiger partial charge in [0.15, 0.2) is 11.0 Å². The minimum absolute atomic E-state index is 0.356. The molecule has 0 aliphatic carbocycles. The van der Waals surface area contributed by atoms with Crippen LogP contribution in [0.1, 0.15) is 18.4 Å². The third-order valence-electron chi connectivity index (χ3n) is 5.24. The first kappa shape index (κ1) is 22.8. The van der Waals surface area contributed by atoms with Gasteiger partial charge in [0, 0.05) is 11.1 Å². The Hall–Kier alpha value is -3.98. The van der Waals surface area contributed by atoms with E-state index in [1.54, 1.807) is 22.8 Å². The van der Waals surface area contributed by atoms with Crippen LogP contribution in [-0.2, 0) is 5.75 Å². The zero-order chi connectivity index (χ0) is 24.2. The highest BCUT2D eigenvalue weighted by Crippen LogP contribution is 2.32. The monoisotopic (exact) mass is 487 g/mol. The van der Waals surface area contributed by atoms with Crippen molar-refractivity contribution in [3.8, 4) is 34.3 Å². The summed E-state index contributed by atoms with van der Waals surface area (Å²) in [7, 11) is 0. The van der Waals surface area contributed by atoms with Gasteiger partial charge in [0.25, 0.3) is 0 Å². The minimum Gasteiger partial charge on any atom is -0.494 e. The summed E-state index contributed by atoms with van der Waals surface area (Å²) in [5.74, 6) is 2.15. The number of thioether (sulfide) groups is 1. The number of nitrogens with zero attached hydrogens (tertiary/aromatic N) is 5. The Labute approximate surface area is 206 Å². The average molecular weight is 488 g/mol. The van der Waals surface area contributed by atoms with Gasteiger partial charge in [-0.1, -0.05) is 41.6 Å². The molecule has 0 amide bonds. The standard InChI is InChI=1S/C26H22FN5O2S/c1-3-33-20-14-12-18(13-15-20)24-29-31-26(32(24)22-7-5-4-6-21(22)27)35-16-23-28-30-25(34-23)19-10-8-17(2)9-11-19/h4-15H,3,16H2,1-2H3. The van der Waals surface area contributed by atoms with Gasteiger partial charge in [0.05, 0.1) is 18.0 Å². The molecule has 2 aromatic heterocycles. The Morgan fingerprint density at radius 1 is 0.886 bits per heavy atom. The van der Waals surface area contributed by atoms with Crippen LogP contribution in [-0.4, -0.2) is 31.6 Å². The average Bonchev–Trinajstić information content (AvgIpc) is 3.52. The van der Waals surface area contributed by atoms with Gasteiger partial charge in [-0.25, -0.2) is 4.39 Å². The van der Waals surface area contributed by atoms with Crippen molar-refractivity contribution >= 4 is 11.8 Å². The van der Waals surface area contributed by atoms with Gasteiger partial charge < -0.3 is 9.15 Å². The van der Waals surface area contributed by atoms with Crippen LogP contribution in [0.25, 0.3) is 28.5 Å². The fourth-order valence-corrected chi connectivity index (χ4v) is 4.30. The maximum atomic E-state index is 14.8. The van der Waals surface area contributed by atoms with E-state index in [1.165, 1.54) is 17.8 Å². The van der Waals surface area contributed by atoms with Gasteiger partial charge in [-0.2, -0.15) is 0 Å². The fraction of sp³-hybridized carbons (Fsp3) is 0.154. The molecule has 9 heteroatoms. The lowest BCUT2D eigenvalue weighted by Gasteiger charge is -2.11. The summed E-state index contributed by atoms with van der Waals surface area (Å²) in [5, 5.41) is 17.5. The molecular weight excluding hydrogens is 465 g/mol. The van der Waals surface area contributed by atoms with Crippen molar-refractivity contribution in [3.63, 3.8) is 0 Å². The molecule has 0 bridgehead atoms. The molecule has 0 unspecified atom stereocenters. The molecule has 0 saturated carbocycles. The molecule has 0 spiro atoms. The van der Waals surface area contributed by atoms with Crippen LogP contribution in [0.2, 0.25) is 0 Å². The first-order valence-corrected chi connectivity index (χ1v) is 12.1. The topological polar surface area (TPSA) is 78.9 Å². The normalized spacial score (nSPS) is 11.1. The highest BCUT2D eigenvalue weighted by Gasteiger charge is 2.20. The Bertz CT molecular complexity index is 1430. The van der Waals surface area contributed by atoms with Gasteiger partial charge in [0.2, 0.25) is 11.8 Å². The molecule has 0 fully saturated rings. The molecule has 0 N–H and O–H groups in total.